The number of hydrogen-bond donors (Lipinski definition) is 2. The Morgan fingerprint density at radius 3 is 2.63 bits per heavy atom. The summed E-state index contributed by atoms with van der Waals surface area (Å²) in [6, 6.07) is 0.346. The zero-order valence-corrected chi connectivity index (χ0v) is 20.2. The van der Waals surface area contributed by atoms with Gasteiger partial charge in [-0.3, -0.25) is 19.3 Å². The van der Waals surface area contributed by atoms with Crippen molar-refractivity contribution in [2.75, 3.05) is 0 Å². The number of ketones is 1. The van der Waals surface area contributed by atoms with Crippen LogP contribution in [0, 0.1) is 17.8 Å². The molecule has 0 aliphatic heterocycles. The van der Waals surface area contributed by atoms with Crippen LogP contribution >= 0.6 is 0 Å². The van der Waals surface area contributed by atoms with Gasteiger partial charge in [0.2, 0.25) is 5.78 Å². The zero-order chi connectivity index (χ0) is 23.7. The Morgan fingerprint density at radius 1 is 1.11 bits per heavy atom. The molecule has 1 amide bonds. The molecule has 2 N–H and O–H groups in total. The quantitative estimate of drug-likeness (QED) is 0.645. The van der Waals surface area contributed by atoms with Crippen LogP contribution in [0.4, 0.5) is 0 Å². The van der Waals surface area contributed by atoms with Gasteiger partial charge >= 0.3 is 0 Å². The van der Waals surface area contributed by atoms with Crippen molar-refractivity contribution in [3.63, 3.8) is 0 Å². The number of aliphatic hydroxyl groups is 1. The van der Waals surface area contributed by atoms with Crippen LogP contribution in [0.25, 0.3) is 17.0 Å². The first-order valence-corrected chi connectivity index (χ1v) is 13.6. The molecule has 4 bridgehead atoms. The van der Waals surface area contributed by atoms with Crippen LogP contribution in [0.3, 0.4) is 0 Å². The molecule has 2 aromatic rings. The fourth-order valence-corrected chi connectivity index (χ4v) is 8.32. The number of fused-ring (bicyclic) bond motifs is 3. The average molecular weight is 475 g/mol. The molecule has 8 rings (SSSR count). The monoisotopic (exact) mass is 474 g/mol. The van der Waals surface area contributed by atoms with Crippen LogP contribution in [0.1, 0.15) is 87.2 Å². The number of aromatic nitrogens is 3. The highest BCUT2D eigenvalue weighted by atomic mass is 16.3. The van der Waals surface area contributed by atoms with Crippen molar-refractivity contribution in [2.24, 2.45) is 17.8 Å². The van der Waals surface area contributed by atoms with Gasteiger partial charge in [-0.1, -0.05) is 31.4 Å². The van der Waals surface area contributed by atoms with Crippen LogP contribution in [-0.2, 0) is 22.4 Å². The molecule has 5 atom stereocenters. The molecular weight excluding hydrogens is 440 g/mol. The van der Waals surface area contributed by atoms with Gasteiger partial charge in [-0.2, -0.15) is 5.10 Å². The van der Waals surface area contributed by atoms with E-state index in [-0.39, 0.29) is 18.5 Å². The Kier molecular flexibility index (Phi) is 4.96. The van der Waals surface area contributed by atoms with Gasteiger partial charge < -0.3 is 10.4 Å². The summed E-state index contributed by atoms with van der Waals surface area (Å²) in [5.74, 6) is 0.527. The third-order valence-corrected chi connectivity index (χ3v) is 9.53. The summed E-state index contributed by atoms with van der Waals surface area (Å²) >= 11 is 0. The van der Waals surface area contributed by atoms with Crippen molar-refractivity contribution in [3.8, 4) is 0 Å². The number of hydrogen-bond acceptors (Lipinski definition) is 5. The number of nitrogens with one attached hydrogen (secondary N) is 1. The first-order valence-electron chi connectivity index (χ1n) is 13.6. The number of carbonyl (C=O) groups excluding carboxylic acids is 2. The van der Waals surface area contributed by atoms with E-state index in [1.54, 1.807) is 0 Å². The van der Waals surface area contributed by atoms with Crippen molar-refractivity contribution < 1.29 is 14.7 Å². The maximum atomic E-state index is 13.0. The van der Waals surface area contributed by atoms with Gasteiger partial charge in [-0.15, -0.1) is 0 Å². The molecular formula is C28H34N4O3. The van der Waals surface area contributed by atoms with Crippen LogP contribution in [0.2, 0.25) is 0 Å². The topological polar surface area (TPSA) is 97.1 Å². The average Bonchev–Trinajstić information content (AvgIpc) is 3.43. The second-order valence-electron chi connectivity index (χ2n) is 12.0. The number of Topliss-reactive ketones (excluding diaryl/α,β-unsaturated/α-hetero) is 1. The summed E-state index contributed by atoms with van der Waals surface area (Å²) in [5, 5.41) is 20.0. The van der Waals surface area contributed by atoms with E-state index in [2.05, 4.69) is 27.1 Å². The first-order chi connectivity index (χ1) is 17.0. The van der Waals surface area contributed by atoms with Gasteiger partial charge in [0.25, 0.3) is 5.91 Å². The molecule has 5 saturated carbocycles. The normalized spacial score (nSPS) is 33.4. The molecule has 7 nitrogen and oxygen atoms in total. The smallest absolute Gasteiger partial charge is 0.288 e. The van der Waals surface area contributed by atoms with Crippen LogP contribution in [0.15, 0.2) is 12.3 Å². The lowest BCUT2D eigenvalue weighted by molar-refractivity contribution is -0.148. The van der Waals surface area contributed by atoms with E-state index in [9.17, 15) is 14.7 Å². The molecule has 2 aromatic heterocycles. The lowest BCUT2D eigenvalue weighted by Crippen LogP contribution is -2.55. The Morgan fingerprint density at radius 2 is 1.89 bits per heavy atom. The molecule has 0 aromatic carbocycles. The molecule has 0 spiro atoms. The molecule has 3 unspecified atom stereocenters. The maximum absolute atomic E-state index is 13.0. The van der Waals surface area contributed by atoms with Crippen LogP contribution < -0.4 is 5.32 Å². The fourth-order valence-electron chi connectivity index (χ4n) is 8.32. The summed E-state index contributed by atoms with van der Waals surface area (Å²) in [4.78, 5) is 30.4. The lowest BCUT2D eigenvalue weighted by Gasteiger charge is -2.58. The maximum Gasteiger partial charge on any atom is 0.288 e. The Labute approximate surface area is 205 Å². The number of rotatable bonds is 5. The standard InChI is InChI=1S/C28H34N4O3/c33-24(27(34)30-19-5-2-1-3-6-19)11-23-21-15-29-22-8-4-7-20(22)26(21)32(31-23)25-17-9-16-10-18(25)14-28(35,12-16)13-17/h4,7,15-19,25,35H,1-3,5-6,8-14H2,(H,30,34)/t16?,17-,18+,25?,28?. The summed E-state index contributed by atoms with van der Waals surface area (Å²) < 4.78 is 2.18. The highest BCUT2D eigenvalue weighted by molar-refractivity contribution is 6.36. The van der Waals surface area contributed by atoms with E-state index < -0.39 is 17.3 Å². The molecule has 6 aliphatic rings. The second kappa shape index (κ2) is 7.99. The summed E-state index contributed by atoms with van der Waals surface area (Å²) in [6.45, 7) is 0. The highest BCUT2D eigenvalue weighted by Crippen LogP contribution is 2.60. The molecule has 6 aliphatic carbocycles. The van der Waals surface area contributed by atoms with E-state index >= 15 is 0 Å². The largest absolute Gasteiger partial charge is 0.390 e. The van der Waals surface area contributed by atoms with Crippen molar-refractivity contribution in [1.29, 1.82) is 0 Å². The van der Waals surface area contributed by atoms with Crippen molar-refractivity contribution in [3.05, 3.63) is 29.2 Å². The molecule has 0 radical (unpaired) electrons. The Hall–Kier alpha value is -2.54. The predicted octanol–water partition coefficient (Wildman–Crippen LogP) is 3.67. The zero-order valence-electron chi connectivity index (χ0n) is 20.2. The van der Waals surface area contributed by atoms with Gasteiger partial charge in [0.15, 0.2) is 0 Å². The fraction of sp³-hybridized carbons (Fsp3) is 0.643. The minimum absolute atomic E-state index is 0.000843. The van der Waals surface area contributed by atoms with E-state index in [0.29, 0.717) is 23.4 Å². The van der Waals surface area contributed by atoms with E-state index in [0.717, 1.165) is 86.4 Å². The molecule has 35 heavy (non-hydrogen) atoms. The van der Waals surface area contributed by atoms with E-state index in [4.69, 9.17) is 5.10 Å². The minimum Gasteiger partial charge on any atom is -0.390 e. The first kappa shape index (κ1) is 21.7. The predicted molar refractivity (Wildman–Crippen MR) is 132 cm³/mol. The molecule has 184 valence electrons. The van der Waals surface area contributed by atoms with Gasteiger partial charge in [-0.05, 0) is 62.7 Å². The third kappa shape index (κ3) is 3.57. The third-order valence-electron chi connectivity index (χ3n) is 9.53. The van der Waals surface area contributed by atoms with Crippen molar-refractivity contribution in [2.45, 2.75) is 94.7 Å². The van der Waals surface area contributed by atoms with E-state index in [1.807, 2.05) is 6.20 Å². The number of pyridine rings is 1. The highest BCUT2D eigenvalue weighted by Gasteiger charge is 2.56. The number of nitrogens with zero attached hydrogens (tertiary/aromatic N) is 3. The molecule has 5 fully saturated rings. The van der Waals surface area contributed by atoms with Crippen molar-refractivity contribution >= 4 is 28.7 Å². The number of amides is 1. The van der Waals surface area contributed by atoms with Gasteiger partial charge in [-0.25, -0.2) is 0 Å². The Balaban J connectivity index is 1.23. The Bertz CT molecular complexity index is 1220. The SMILES string of the molecule is O=C(Cc1nn(C2[C@@H]3CC4C[C@H]2CC(O)(C4)C3)c2c3c(ncc12)CC=C3)C(=O)NC1CCCCC1. The van der Waals surface area contributed by atoms with Gasteiger partial charge in [0, 0.05) is 29.6 Å². The van der Waals surface area contributed by atoms with Crippen LogP contribution in [0.5, 0.6) is 0 Å². The summed E-state index contributed by atoms with van der Waals surface area (Å²) in [5.41, 5.74) is 3.37. The molecule has 0 saturated heterocycles. The van der Waals surface area contributed by atoms with Gasteiger partial charge in [0.05, 0.1) is 35.0 Å². The molecule has 7 heteroatoms. The number of allylic oxidation sites excluding steroid dienone is 1. The lowest BCUT2D eigenvalue weighted by atomic mass is 9.52. The van der Waals surface area contributed by atoms with Gasteiger partial charge in [0.1, 0.15) is 0 Å². The molecule has 2 heterocycles. The summed E-state index contributed by atoms with van der Waals surface area (Å²) in [6.07, 6.45) is 17.2. The number of carbonyl (C=O) groups is 2. The summed E-state index contributed by atoms with van der Waals surface area (Å²) in [7, 11) is 0. The van der Waals surface area contributed by atoms with Crippen LogP contribution in [-0.4, -0.2) is 43.2 Å². The second-order valence-corrected chi connectivity index (χ2v) is 12.0. The van der Waals surface area contributed by atoms with Crippen molar-refractivity contribution in [1.82, 2.24) is 20.1 Å². The van der Waals surface area contributed by atoms with E-state index in [1.165, 1.54) is 6.42 Å². The minimum atomic E-state index is -0.505.